The highest BCUT2D eigenvalue weighted by Gasteiger charge is 2.38. The Morgan fingerprint density at radius 3 is 2.31 bits per heavy atom. The van der Waals surface area contributed by atoms with Crippen molar-refractivity contribution >= 4 is 49.4 Å². The van der Waals surface area contributed by atoms with Crippen molar-refractivity contribution in [2.24, 2.45) is 0 Å². The summed E-state index contributed by atoms with van der Waals surface area (Å²) in [4.78, 5) is 3.73. The number of hydrogen-bond acceptors (Lipinski definition) is 0. The van der Waals surface area contributed by atoms with E-state index in [0.29, 0.717) is 0 Å². The lowest BCUT2D eigenvalue weighted by molar-refractivity contribution is 0.659. The van der Waals surface area contributed by atoms with Gasteiger partial charge in [0.25, 0.3) is 0 Å². The molecule has 6 aromatic rings. The van der Waals surface area contributed by atoms with Crippen molar-refractivity contribution < 1.29 is 0 Å². The molecular formula is C35H31N. The third-order valence-electron chi connectivity index (χ3n) is 7.87. The van der Waals surface area contributed by atoms with Crippen molar-refractivity contribution in [3.63, 3.8) is 0 Å². The first kappa shape index (κ1) is 22.4. The molecule has 1 nitrogen and oxygen atoms in total. The van der Waals surface area contributed by atoms with Gasteiger partial charge < -0.3 is 4.98 Å². The highest BCUT2D eigenvalue weighted by atomic mass is 14.7. The Bertz CT molecular complexity index is 1860. The van der Waals surface area contributed by atoms with Gasteiger partial charge in [0.2, 0.25) is 0 Å². The van der Waals surface area contributed by atoms with Crippen LogP contribution in [0.3, 0.4) is 0 Å². The van der Waals surface area contributed by atoms with Crippen LogP contribution in [0.25, 0.3) is 60.6 Å². The summed E-state index contributed by atoms with van der Waals surface area (Å²) in [5.41, 5.74) is 10.5. The largest absolute Gasteiger partial charge is 0.354 e. The molecule has 0 saturated carbocycles. The summed E-state index contributed by atoms with van der Waals surface area (Å²) in [6.07, 6.45) is 3.78. The second-order valence-corrected chi connectivity index (χ2v) is 10.4. The van der Waals surface area contributed by atoms with Crippen LogP contribution in [-0.4, -0.2) is 4.98 Å². The Morgan fingerprint density at radius 2 is 1.53 bits per heavy atom. The van der Waals surface area contributed by atoms with E-state index in [2.05, 4.69) is 112 Å². The van der Waals surface area contributed by atoms with Gasteiger partial charge in [-0.05, 0) is 75.5 Å². The zero-order chi connectivity index (χ0) is 25.2. The zero-order valence-electron chi connectivity index (χ0n) is 21.5. The molecule has 1 N–H and O–H groups in total. The molecule has 1 aliphatic rings. The van der Waals surface area contributed by atoms with E-state index in [1.54, 1.807) is 6.08 Å². The molecule has 36 heavy (non-hydrogen) atoms. The van der Waals surface area contributed by atoms with E-state index in [1.165, 1.54) is 76.7 Å². The van der Waals surface area contributed by atoms with Crippen LogP contribution in [0, 0.1) is 6.92 Å². The summed E-state index contributed by atoms with van der Waals surface area (Å²) in [5.74, 6) is 0. The van der Waals surface area contributed by atoms with Crippen molar-refractivity contribution in [3.8, 4) is 11.1 Å². The number of nitrogens with one attached hydrogen (secondary N) is 1. The first-order valence-electron chi connectivity index (χ1n) is 12.6. The predicted octanol–water partition coefficient (Wildman–Crippen LogP) is 10.1. The molecule has 0 aliphatic heterocycles. The van der Waals surface area contributed by atoms with Gasteiger partial charge in [0.15, 0.2) is 0 Å². The summed E-state index contributed by atoms with van der Waals surface area (Å²) in [7, 11) is 0. The fourth-order valence-electron chi connectivity index (χ4n) is 6.28. The number of hydrogen-bond donors (Lipinski definition) is 1. The highest BCUT2D eigenvalue weighted by Crippen LogP contribution is 2.53. The zero-order valence-corrected chi connectivity index (χ0v) is 21.5. The molecule has 7 rings (SSSR count). The summed E-state index contributed by atoms with van der Waals surface area (Å²) in [5, 5.41) is 7.74. The van der Waals surface area contributed by atoms with E-state index in [-0.39, 0.29) is 5.41 Å². The third-order valence-corrected chi connectivity index (χ3v) is 7.87. The van der Waals surface area contributed by atoms with E-state index in [9.17, 15) is 0 Å². The van der Waals surface area contributed by atoms with Crippen LogP contribution in [0.15, 0.2) is 92.0 Å². The highest BCUT2D eigenvalue weighted by molar-refractivity contribution is 6.20. The standard InChI is InChI=1S/C32H25N.C3H6/c1-5-21-18(2)10-13-24-29-25-17-26-23-14-11-19-8-6-7-9-22(19)31(23)33-28(26)16-20(25)12-15-27(29)32(3,4)30(21)24;1-3-2/h5-17,33H,1H2,2-4H3;3H,1H2,2H3. The summed E-state index contributed by atoms with van der Waals surface area (Å²) >= 11 is 0. The Labute approximate surface area is 212 Å². The summed E-state index contributed by atoms with van der Waals surface area (Å²) in [6, 6.07) is 27.1. The van der Waals surface area contributed by atoms with E-state index < -0.39 is 0 Å². The molecular weight excluding hydrogens is 434 g/mol. The number of aryl methyl sites for hydroxylation is 1. The van der Waals surface area contributed by atoms with Gasteiger partial charge in [0.05, 0.1) is 5.52 Å². The van der Waals surface area contributed by atoms with Crippen LogP contribution < -0.4 is 0 Å². The number of benzene rings is 5. The lowest BCUT2D eigenvalue weighted by Crippen LogP contribution is -2.16. The van der Waals surface area contributed by atoms with Crippen molar-refractivity contribution in [2.45, 2.75) is 33.1 Å². The molecule has 0 atom stereocenters. The number of fused-ring (bicyclic) bond motifs is 10. The third kappa shape index (κ3) is 2.96. The van der Waals surface area contributed by atoms with Crippen molar-refractivity contribution in [3.05, 3.63) is 114 Å². The Hall–Kier alpha value is -4.10. The number of allylic oxidation sites excluding steroid dienone is 1. The maximum atomic E-state index is 4.15. The number of rotatable bonds is 1. The molecule has 0 amide bonds. The van der Waals surface area contributed by atoms with Gasteiger partial charge in [-0.15, -0.1) is 6.58 Å². The molecule has 0 fully saturated rings. The van der Waals surface area contributed by atoms with Crippen molar-refractivity contribution in [2.75, 3.05) is 0 Å². The average Bonchev–Trinajstić information content (AvgIpc) is 3.35. The van der Waals surface area contributed by atoms with Gasteiger partial charge in [-0.1, -0.05) is 93.2 Å². The molecule has 0 saturated heterocycles. The lowest BCUT2D eigenvalue weighted by atomic mass is 9.79. The Balaban J connectivity index is 0.000000765. The van der Waals surface area contributed by atoms with Crippen molar-refractivity contribution in [1.82, 2.24) is 4.98 Å². The van der Waals surface area contributed by atoms with Crippen LogP contribution in [-0.2, 0) is 5.41 Å². The minimum Gasteiger partial charge on any atom is -0.354 e. The number of aromatic amines is 1. The Morgan fingerprint density at radius 1 is 0.778 bits per heavy atom. The second-order valence-electron chi connectivity index (χ2n) is 10.4. The van der Waals surface area contributed by atoms with Gasteiger partial charge in [-0.25, -0.2) is 0 Å². The fraction of sp³-hybridized carbons (Fsp3) is 0.143. The second kappa shape index (κ2) is 7.96. The van der Waals surface area contributed by atoms with Gasteiger partial charge in [0, 0.05) is 27.1 Å². The molecule has 1 aliphatic carbocycles. The fourth-order valence-corrected chi connectivity index (χ4v) is 6.28. The van der Waals surface area contributed by atoms with E-state index in [4.69, 9.17) is 0 Å². The molecule has 176 valence electrons. The monoisotopic (exact) mass is 465 g/mol. The van der Waals surface area contributed by atoms with Gasteiger partial charge in [0.1, 0.15) is 0 Å². The molecule has 0 unspecified atom stereocenters. The molecule has 0 bridgehead atoms. The first-order valence-corrected chi connectivity index (χ1v) is 12.6. The summed E-state index contributed by atoms with van der Waals surface area (Å²) < 4.78 is 0. The minimum absolute atomic E-state index is 0.0558. The molecule has 0 radical (unpaired) electrons. The van der Waals surface area contributed by atoms with Gasteiger partial charge in [-0.3, -0.25) is 0 Å². The smallest absolute Gasteiger partial charge is 0.0544 e. The average molecular weight is 466 g/mol. The number of aromatic nitrogens is 1. The number of H-pyrrole nitrogens is 1. The summed E-state index contributed by atoms with van der Waals surface area (Å²) in [6.45, 7) is 16.3. The molecule has 5 aromatic carbocycles. The molecule has 1 heterocycles. The minimum atomic E-state index is -0.0558. The van der Waals surface area contributed by atoms with Crippen LogP contribution in [0.2, 0.25) is 0 Å². The van der Waals surface area contributed by atoms with Crippen molar-refractivity contribution in [1.29, 1.82) is 0 Å². The first-order chi connectivity index (χ1) is 17.4. The molecule has 1 heteroatoms. The topological polar surface area (TPSA) is 15.8 Å². The van der Waals surface area contributed by atoms with Crippen LogP contribution in [0.5, 0.6) is 0 Å². The van der Waals surface area contributed by atoms with Crippen LogP contribution >= 0.6 is 0 Å². The van der Waals surface area contributed by atoms with E-state index in [0.717, 1.165) is 0 Å². The molecule has 0 spiro atoms. The van der Waals surface area contributed by atoms with Crippen LogP contribution in [0.1, 0.15) is 43.0 Å². The van der Waals surface area contributed by atoms with Gasteiger partial charge >= 0.3 is 0 Å². The van der Waals surface area contributed by atoms with E-state index >= 15 is 0 Å². The SMILES string of the molecule is C=CC.C=Cc1c(C)ccc2c1C(C)(C)c1ccc3cc4[nH]c5c6ccccc6ccc5c4cc3c1-2. The lowest BCUT2D eigenvalue weighted by Gasteiger charge is -2.24. The maximum absolute atomic E-state index is 4.15. The Kier molecular flexibility index (Phi) is 4.95. The van der Waals surface area contributed by atoms with Gasteiger partial charge in [-0.2, -0.15) is 0 Å². The maximum Gasteiger partial charge on any atom is 0.0544 e. The normalized spacial score (nSPS) is 13.4. The predicted molar refractivity (Wildman–Crippen MR) is 159 cm³/mol. The quantitative estimate of drug-likeness (QED) is 0.232. The molecule has 1 aromatic heterocycles. The van der Waals surface area contributed by atoms with Crippen LogP contribution in [0.4, 0.5) is 0 Å². The van der Waals surface area contributed by atoms with E-state index in [1.807, 2.05) is 13.0 Å².